The van der Waals surface area contributed by atoms with Gasteiger partial charge >= 0.3 is 0 Å². The molecule has 4 aromatic rings. The van der Waals surface area contributed by atoms with Crippen molar-refractivity contribution in [3.8, 4) is 11.5 Å². The lowest BCUT2D eigenvalue weighted by molar-refractivity contribution is 0.0595. The van der Waals surface area contributed by atoms with Gasteiger partial charge < -0.3 is 18.6 Å². The molecule has 0 radical (unpaired) electrons. The molecule has 0 spiro atoms. The topological polar surface area (TPSA) is 78.2 Å². The molecular weight excluding hydrogens is 532 g/mol. The molecule has 6 rings (SSSR count). The van der Waals surface area contributed by atoms with Crippen LogP contribution in [0.5, 0.6) is 0 Å². The highest BCUT2D eigenvalue weighted by atomic mass is 32.2. The molecule has 2 aromatic heterocycles. The minimum Gasteiger partial charge on any atom is -0.598 e. The highest BCUT2D eigenvalue weighted by Gasteiger charge is 2.36. The van der Waals surface area contributed by atoms with E-state index in [9.17, 15) is 18.1 Å². The zero-order valence-electron chi connectivity index (χ0n) is 23.3. The van der Waals surface area contributed by atoms with E-state index >= 15 is 0 Å². The summed E-state index contributed by atoms with van der Waals surface area (Å²) in [6, 6.07) is 13.0. The van der Waals surface area contributed by atoms with Crippen molar-refractivity contribution in [3.63, 3.8) is 0 Å². The van der Waals surface area contributed by atoms with Crippen LogP contribution in [0.3, 0.4) is 0 Å². The van der Waals surface area contributed by atoms with Crippen molar-refractivity contribution in [2.24, 2.45) is 13.0 Å². The molecule has 2 aromatic carbocycles. The number of hydrogen-bond donors (Lipinski definition) is 1. The number of nitrogens with one attached hydrogen (secondary N) is 1. The summed E-state index contributed by atoms with van der Waals surface area (Å²) in [6.07, 6.45) is 0.281. The van der Waals surface area contributed by atoms with Gasteiger partial charge in [0, 0.05) is 54.5 Å². The lowest BCUT2D eigenvalue weighted by Gasteiger charge is -2.33. The molecule has 2 aliphatic rings. The summed E-state index contributed by atoms with van der Waals surface area (Å²) in [5, 5.41) is 1.17. The highest BCUT2D eigenvalue weighted by molar-refractivity contribution is 7.90. The van der Waals surface area contributed by atoms with Gasteiger partial charge in [-0.25, -0.2) is 13.8 Å². The van der Waals surface area contributed by atoms with E-state index in [1.807, 2.05) is 19.2 Å². The largest absolute Gasteiger partial charge is 0.598 e. The predicted octanol–water partition coefficient (Wildman–Crippen LogP) is 5.29. The van der Waals surface area contributed by atoms with Crippen LogP contribution in [0.2, 0.25) is 0 Å². The molecular formula is C30H35F2N5O2S. The number of halogens is 2. The van der Waals surface area contributed by atoms with Crippen molar-refractivity contribution >= 4 is 39.2 Å². The van der Waals surface area contributed by atoms with Gasteiger partial charge in [0.15, 0.2) is 5.82 Å². The number of aromatic nitrogens is 3. The van der Waals surface area contributed by atoms with Crippen LogP contribution >= 0.6 is 0 Å². The van der Waals surface area contributed by atoms with E-state index in [0.717, 1.165) is 29.1 Å². The van der Waals surface area contributed by atoms with E-state index in [2.05, 4.69) is 38.1 Å². The summed E-state index contributed by atoms with van der Waals surface area (Å²) < 4.78 is 46.6. The van der Waals surface area contributed by atoms with Crippen LogP contribution in [0, 0.1) is 5.92 Å². The summed E-state index contributed by atoms with van der Waals surface area (Å²) in [6.45, 7) is 6.22. The number of hydrogen-bond acceptors (Lipinski definition) is 4. The maximum Gasteiger partial charge on any atom is 0.259 e. The summed E-state index contributed by atoms with van der Waals surface area (Å²) in [5.41, 5.74) is 5.26. The van der Waals surface area contributed by atoms with Crippen LogP contribution in [0.25, 0.3) is 33.5 Å². The lowest BCUT2D eigenvalue weighted by atomic mass is 9.97. The average Bonchev–Trinajstić information content (AvgIpc) is 3.58. The number of rotatable bonds is 8. The van der Waals surface area contributed by atoms with Crippen LogP contribution in [0.15, 0.2) is 42.5 Å². The average molecular weight is 568 g/mol. The van der Waals surface area contributed by atoms with Crippen molar-refractivity contribution in [3.05, 3.63) is 53.6 Å². The van der Waals surface area contributed by atoms with Crippen molar-refractivity contribution in [1.82, 2.24) is 23.7 Å². The highest BCUT2D eigenvalue weighted by Crippen LogP contribution is 2.37. The lowest BCUT2D eigenvalue weighted by Crippen LogP contribution is -2.54. The fourth-order valence-corrected chi connectivity index (χ4v) is 6.29. The SMILES string of the molecule is Cn1c(-c2cc3ccccc3n2CC2CC2)nc2cc3c(cc21)CCN(CC(N[S@+]([O-])C(C)(C)C)C(F)F)C3=O. The molecule has 1 fully saturated rings. The van der Waals surface area contributed by atoms with Crippen LogP contribution in [0.4, 0.5) is 8.78 Å². The van der Waals surface area contributed by atoms with Gasteiger partial charge in [-0.3, -0.25) is 4.79 Å². The van der Waals surface area contributed by atoms with Gasteiger partial charge in [-0.1, -0.05) is 18.2 Å². The summed E-state index contributed by atoms with van der Waals surface area (Å²) in [7, 11) is 2.00. The van der Waals surface area contributed by atoms with Crippen molar-refractivity contribution in [2.75, 3.05) is 13.1 Å². The van der Waals surface area contributed by atoms with Gasteiger partial charge in [0.05, 0.1) is 16.7 Å². The third-order valence-corrected chi connectivity index (χ3v) is 9.62. The number of imidazole rings is 1. The molecule has 3 heterocycles. The molecule has 0 saturated heterocycles. The number of carbonyl (C=O) groups excluding carboxylic acids is 1. The second-order valence-electron chi connectivity index (χ2n) is 12.1. The van der Waals surface area contributed by atoms with Crippen molar-refractivity contribution in [2.45, 2.75) is 63.8 Å². The summed E-state index contributed by atoms with van der Waals surface area (Å²) in [5.74, 6) is 1.23. The second-order valence-corrected chi connectivity index (χ2v) is 14.1. The monoisotopic (exact) mass is 567 g/mol. The normalized spacial score (nSPS) is 17.7. The van der Waals surface area contributed by atoms with Gasteiger partial charge in [-0.05, 0) is 75.8 Å². The number of fused-ring (bicyclic) bond motifs is 3. The van der Waals surface area contributed by atoms with Crippen LogP contribution in [-0.2, 0) is 31.4 Å². The minimum absolute atomic E-state index is 0.218. The molecule has 40 heavy (non-hydrogen) atoms. The van der Waals surface area contributed by atoms with Gasteiger partial charge in [0.25, 0.3) is 12.3 Å². The maximum atomic E-state index is 13.9. The Morgan fingerprint density at radius 3 is 2.60 bits per heavy atom. The first-order valence-electron chi connectivity index (χ1n) is 13.8. The number of aryl methyl sites for hydroxylation is 1. The smallest absolute Gasteiger partial charge is 0.259 e. The van der Waals surface area contributed by atoms with Gasteiger partial charge in [0.1, 0.15) is 10.8 Å². The quantitative estimate of drug-likeness (QED) is 0.294. The number of alkyl halides is 2. The molecule has 7 nitrogen and oxygen atoms in total. The molecule has 2 atom stereocenters. The first-order valence-corrected chi connectivity index (χ1v) is 15.0. The van der Waals surface area contributed by atoms with E-state index in [0.29, 0.717) is 30.0 Å². The Labute approximate surface area is 235 Å². The van der Waals surface area contributed by atoms with Crippen LogP contribution in [-0.4, -0.2) is 59.8 Å². The molecule has 212 valence electrons. The Hall–Kier alpha value is -2.95. The third-order valence-electron chi connectivity index (χ3n) is 7.99. The Kier molecular flexibility index (Phi) is 6.91. The second kappa shape index (κ2) is 10.2. The molecule has 1 unspecified atom stereocenters. The Balaban J connectivity index is 1.32. The van der Waals surface area contributed by atoms with E-state index in [1.54, 1.807) is 26.8 Å². The third kappa shape index (κ3) is 5.01. The van der Waals surface area contributed by atoms with Gasteiger partial charge in [0.2, 0.25) is 0 Å². The van der Waals surface area contributed by atoms with Gasteiger partial charge in [-0.15, -0.1) is 4.72 Å². The Morgan fingerprint density at radius 2 is 1.90 bits per heavy atom. The predicted molar refractivity (Wildman–Crippen MR) is 155 cm³/mol. The summed E-state index contributed by atoms with van der Waals surface area (Å²) in [4.78, 5) is 19.9. The molecule has 10 heteroatoms. The van der Waals surface area contributed by atoms with E-state index in [-0.39, 0.29) is 12.5 Å². The molecule has 1 aliphatic carbocycles. The maximum absolute atomic E-state index is 13.9. The number of amides is 1. The van der Waals surface area contributed by atoms with Crippen LogP contribution in [0.1, 0.15) is 49.5 Å². The fourth-order valence-electron chi connectivity index (χ4n) is 5.49. The number of nitrogens with zero attached hydrogens (tertiary/aromatic N) is 4. The molecule has 1 N–H and O–H groups in total. The number of carbonyl (C=O) groups is 1. The van der Waals surface area contributed by atoms with E-state index in [4.69, 9.17) is 4.98 Å². The molecule has 1 aliphatic heterocycles. The van der Waals surface area contributed by atoms with E-state index in [1.165, 1.54) is 28.6 Å². The Bertz CT molecular complexity index is 1590. The molecule has 1 amide bonds. The van der Waals surface area contributed by atoms with Gasteiger partial charge in [-0.2, -0.15) is 0 Å². The first-order chi connectivity index (χ1) is 19.0. The number of para-hydroxylation sites is 1. The summed E-state index contributed by atoms with van der Waals surface area (Å²) >= 11 is -1.68. The zero-order chi connectivity index (χ0) is 28.3. The first kappa shape index (κ1) is 27.2. The standard InChI is InChI=1S/C30H35F2N5O2S/c1-30(2,3)40(39)34-23(27(31)32)17-36-12-11-19-13-25-22(15-21(19)29(36)38)33-28(35(25)4)26-14-20-7-5-6-8-24(20)37(26)16-18-9-10-18/h5-8,13-15,18,23,27,34H,9-12,16-17H2,1-4H3/t23?,40-/m1/s1. The molecule has 1 saturated carbocycles. The minimum atomic E-state index is -2.76. The fraction of sp³-hybridized carbons (Fsp3) is 0.467. The zero-order valence-corrected chi connectivity index (χ0v) is 24.1. The number of benzene rings is 2. The van der Waals surface area contributed by atoms with Crippen molar-refractivity contribution in [1.29, 1.82) is 0 Å². The molecule has 0 bridgehead atoms. The van der Waals surface area contributed by atoms with E-state index < -0.39 is 28.6 Å². The van der Waals surface area contributed by atoms with Crippen LogP contribution < -0.4 is 4.72 Å². The Morgan fingerprint density at radius 1 is 1.15 bits per heavy atom. The van der Waals surface area contributed by atoms with Crippen molar-refractivity contribution < 1.29 is 18.1 Å².